The SMILES string of the molecule is CC(c1ccc(-c2ccccn2)cn1)C1CCCC1. The van der Waals surface area contributed by atoms with Crippen molar-refractivity contribution in [3.8, 4) is 11.3 Å². The molecule has 0 saturated heterocycles. The second-order valence-corrected chi connectivity index (χ2v) is 5.52. The predicted octanol–water partition coefficient (Wildman–Crippen LogP) is 4.44. The van der Waals surface area contributed by atoms with Crippen LogP contribution in [0.5, 0.6) is 0 Å². The summed E-state index contributed by atoms with van der Waals surface area (Å²) in [4.78, 5) is 9.02. The van der Waals surface area contributed by atoms with Crippen LogP contribution in [0.3, 0.4) is 0 Å². The van der Waals surface area contributed by atoms with Crippen LogP contribution in [0.2, 0.25) is 0 Å². The maximum absolute atomic E-state index is 4.66. The first-order valence-corrected chi connectivity index (χ1v) is 7.22. The molecule has 2 heteroatoms. The van der Waals surface area contributed by atoms with E-state index in [-0.39, 0.29) is 0 Å². The molecule has 2 heterocycles. The topological polar surface area (TPSA) is 25.8 Å². The Kier molecular flexibility index (Phi) is 3.58. The summed E-state index contributed by atoms with van der Waals surface area (Å²) >= 11 is 0. The zero-order valence-electron chi connectivity index (χ0n) is 11.4. The molecule has 3 rings (SSSR count). The van der Waals surface area contributed by atoms with E-state index in [2.05, 4.69) is 29.0 Å². The number of nitrogens with zero attached hydrogens (tertiary/aromatic N) is 2. The normalized spacial score (nSPS) is 17.5. The minimum Gasteiger partial charge on any atom is -0.260 e. The van der Waals surface area contributed by atoms with Crippen molar-refractivity contribution >= 4 is 0 Å². The molecule has 2 aromatic heterocycles. The van der Waals surface area contributed by atoms with Crippen LogP contribution in [0.4, 0.5) is 0 Å². The van der Waals surface area contributed by atoms with Gasteiger partial charge in [0.15, 0.2) is 0 Å². The molecular formula is C17H20N2. The van der Waals surface area contributed by atoms with Gasteiger partial charge in [0, 0.05) is 29.6 Å². The molecular weight excluding hydrogens is 232 g/mol. The number of pyridine rings is 2. The van der Waals surface area contributed by atoms with Crippen molar-refractivity contribution in [3.63, 3.8) is 0 Å². The van der Waals surface area contributed by atoms with E-state index in [0.29, 0.717) is 5.92 Å². The lowest BCUT2D eigenvalue weighted by atomic mass is 9.89. The van der Waals surface area contributed by atoms with Gasteiger partial charge >= 0.3 is 0 Å². The second kappa shape index (κ2) is 5.52. The highest BCUT2D eigenvalue weighted by Gasteiger charge is 2.23. The first kappa shape index (κ1) is 12.3. The van der Waals surface area contributed by atoms with Crippen molar-refractivity contribution in [2.24, 2.45) is 5.92 Å². The highest BCUT2D eigenvalue weighted by atomic mass is 14.7. The van der Waals surface area contributed by atoms with Crippen LogP contribution in [0.15, 0.2) is 42.7 Å². The van der Waals surface area contributed by atoms with E-state index in [9.17, 15) is 0 Å². The van der Waals surface area contributed by atoms with Gasteiger partial charge in [0.25, 0.3) is 0 Å². The van der Waals surface area contributed by atoms with E-state index in [1.807, 2.05) is 30.6 Å². The maximum atomic E-state index is 4.66. The highest BCUT2D eigenvalue weighted by molar-refractivity contribution is 5.57. The average Bonchev–Trinajstić information content (AvgIpc) is 3.02. The third-order valence-corrected chi connectivity index (χ3v) is 4.32. The molecule has 1 fully saturated rings. The summed E-state index contributed by atoms with van der Waals surface area (Å²) in [6.07, 6.45) is 9.30. The molecule has 0 aliphatic heterocycles. The van der Waals surface area contributed by atoms with E-state index in [0.717, 1.165) is 17.2 Å². The van der Waals surface area contributed by atoms with Gasteiger partial charge in [-0.25, -0.2) is 0 Å². The van der Waals surface area contributed by atoms with Crippen molar-refractivity contribution in [1.82, 2.24) is 9.97 Å². The van der Waals surface area contributed by atoms with E-state index >= 15 is 0 Å². The van der Waals surface area contributed by atoms with E-state index in [1.165, 1.54) is 31.4 Å². The van der Waals surface area contributed by atoms with Crippen molar-refractivity contribution < 1.29 is 0 Å². The predicted molar refractivity (Wildman–Crippen MR) is 77.8 cm³/mol. The van der Waals surface area contributed by atoms with Gasteiger partial charge in [-0.3, -0.25) is 9.97 Å². The lowest BCUT2D eigenvalue weighted by Crippen LogP contribution is -2.07. The quantitative estimate of drug-likeness (QED) is 0.807. The Bertz CT molecular complexity index is 513. The van der Waals surface area contributed by atoms with E-state index in [1.54, 1.807) is 0 Å². The second-order valence-electron chi connectivity index (χ2n) is 5.52. The molecule has 1 aliphatic carbocycles. The lowest BCUT2D eigenvalue weighted by Gasteiger charge is -2.18. The number of hydrogen-bond acceptors (Lipinski definition) is 2. The van der Waals surface area contributed by atoms with Gasteiger partial charge in [0.1, 0.15) is 0 Å². The smallest absolute Gasteiger partial charge is 0.0717 e. The summed E-state index contributed by atoms with van der Waals surface area (Å²) in [6, 6.07) is 10.3. The Labute approximate surface area is 114 Å². The van der Waals surface area contributed by atoms with Gasteiger partial charge in [-0.15, -0.1) is 0 Å². The van der Waals surface area contributed by atoms with Crippen LogP contribution in [0, 0.1) is 5.92 Å². The Morgan fingerprint density at radius 2 is 1.89 bits per heavy atom. The Morgan fingerprint density at radius 3 is 2.53 bits per heavy atom. The van der Waals surface area contributed by atoms with Gasteiger partial charge in [0.2, 0.25) is 0 Å². The number of hydrogen-bond donors (Lipinski definition) is 0. The minimum atomic E-state index is 0.584. The standard InChI is InChI=1S/C17H20N2/c1-13(14-6-2-3-7-14)16-10-9-15(12-19-16)17-8-4-5-11-18-17/h4-5,8-14H,2-3,6-7H2,1H3. The zero-order valence-corrected chi connectivity index (χ0v) is 11.4. The lowest BCUT2D eigenvalue weighted by molar-refractivity contribution is 0.453. The van der Waals surface area contributed by atoms with Gasteiger partial charge in [-0.05, 0) is 43.0 Å². The first-order chi connectivity index (χ1) is 9.34. The summed E-state index contributed by atoms with van der Waals surface area (Å²) < 4.78 is 0. The fourth-order valence-electron chi connectivity index (χ4n) is 3.06. The van der Waals surface area contributed by atoms with Crippen LogP contribution in [-0.4, -0.2) is 9.97 Å². The molecule has 1 atom stereocenters. The van der Waals surface area contributed by atoms with Gasteiger partial charge in [-0.2, -0.15) is 0 Å². The average molecular weight is 252 g/mol. The summed E-state index contributed by atoms with van der Waals surface area (Å²) in [6.45, 7) is 2.32. The summed E-state index contributed by atoms with van der Waals surface area (Å²) in [5.41, 5.74) is 3.32. The molecule has 0 bridgehead atoms. The molecule has 1 unspecified atom stereocenters. The van der Waals surface area contributed by atoms with Gasteiger partial charge < -0.3 is 0 Å². The van der Waals surface area contributed by atoms with Crippen LogP contribution in [0.1, 0.15) is 44.2 Å². The third-order valence-electron chi connectivity index (χ3n) is 4.32. The molecule has 2 nitrogen and oxygen atoms in total. The van der Waals surface area contributed by atoms with Crippen molar-refractivity contribution in [2.45, 2.75) is 38.5 Å². The van der Waals surface area contributed by atoms with Crippen molar-refractivity contribution in [3.05, 3.63) is 48.4 Å². The van der Waals surface area contributed by atoms with Gasteiger partial charge in [-0.1, -0.05) is 25.8 Å². The minimum absolute atomic E-state index is 0.584. The summed E-state index contributed by atoms with van der Waals surface area (Å²) in [5.74, 6) is 1.41. The molecule has 0 N–H and O–H groups in total. The van der Waals surface area contributed by atoms with Crippen LogP contribution < -0.4 is 0 Å². The largest absolute Gasteiger partial charge is 0.260 e. The molecule has 0 radical (unpaired) electrons. The fraction of sp³-hybridized carbons (Fsp3) is 0.412. The molecule has 98 valence electrons. The maximum Gasteiger partial charge on any atom is 0.0717 e. The number of aromatic nitrogens is 2. The Hall–Kier alpha value is -1.70. The number of rotatable bonds is 3. The van der Waals surface area contributed by atoms with Crippen LogP contribution in [-0.2, 0) is 0 Å². The zero-order chi connectivity index (χ0) is 13.1. The molecule has 19 heavy (non-hydrogen) atoms. The van der Waals surface area contributed by atoms with Crippen molar-refractivity contribution in [1.29, 1.82) is 0 Å². The Balaban J connectivity index is 1.79. The first-order valence-electron chi connectivity index (χ1n) is 7.22. The molecule has 0 spiro atoms. The van der Waals surface area contributed by atoms with Gasteiger partial charge in [0.05, 0.1) is 5.69 Å². The summed E-state index contributed by atoms with van der Waals surface area (Å²) in [5, 5.41) is 0. The van der Waals surface area contributed by atoms with E-state index in [4.69, 9.17) is 0 Å². The van der Waals surface area contributed by atoms with E-state index < -0.39 is 0 Å². The van der Waals surface area contributed by atoms with Crippen molar-refractivity contribution in [2.75, 3.05) is 0 Å². The van der Waals surface area contributed by atoms with Crippen LogP contribution in [0.25, 0.3) is 11.3 Å². The third kappa shape index (κ3) is 2.67. The molecule has 1 aliphatic rings. The summed E-state index contributed by atoms with van der Waals surface area (Å²) in [7, 11) is 0. The fourth-order valence-corrected chi connectivity index (χ4v) is 3.06. The monoisotopic (exact) mass is 252 g/mol. The Morgan fingerprint density at radius 1 is 1.05 bits per heavy atom. The molecule has 1 saturated carbocycles. The van der Waals surface area contributed by atoms with Crippen LogP contribution >= 0.6 is 0 Å². The molecule has 0 amide bonds. The molecule has 2 aromatic rings. The highest BCUT2D eigenvalue weighted by Crippen LogP contribution is 2.36. The molecule has 0 aromatic carbocycles.